The molecule has 1 amide bonds. The quantitative estimate of drug-likeness (QED) is 0.343. The molecular formula is C18H28N6O2S. The molecule has 148 valence electrons. The van der Waals surface area contributed by atoms with Gasteiger partial charge in [0, 0.05) is 44.7 Å². The van der Waals surface area contributed by atoms with Crippen LogP contribution in [0.25, 0.3) is 0 Å². The van der Waals surface area contributed by atoms with Gasteiger partial charge in [-0.3, -0.25) is 4.79 Å². The van der Waals surface area contributed by atoms with Crippen LogP contribution in [-0.2, 0) is 6.54 Å². The highest BCUT2D eigenvalue weighted by molar-refractivity contribution is 7.13. The Labute approximate surface area is 164 Å². The molecule has 0 aromatic carbocycles. The fraction of sp³-hybridized carbons (Fsp3) is 0.500. The van der Waals surface area contributed by atoms with Crippen LogP contribution in [0.1, 0.15) is 35.2 Å². The summed E-state index contributed by atoms with van der Waals surface area (Å²) in [6, 6.07) is 1.78. The molecule has 3 N–H and O–H groups in total. The van der Waals surface area contributed by atoms with Gasteiger partial charge in [0.1, 0.15) is 0 Å². The molecule has 2 rings (SSSR count). The SMILES string of the molecule is CCNC(=NCc1csc(N(C)C)n1)NCCCNC(=O)c1occc1C. The number of nitrogens with zero attached hydrogens (tertiary/aromatic N) is 3. The summed E-state index contributed by atoms with van der Waals surface area (Å²) in [5, 5.41) is 12.3. The van der Waals surface area contributed by atoms with Crippen LogP contribution in [0.5, 0.6) is 0 Å². The number of carbonyl (C=O) groups is 1. The largest absolute Gasteiger partial charge is 0.459 e. The van der Waals surface area contributed by atoms with E-state index in [1.54, 1.807) is 17.4 Å². The standard InChI is InChI=1S/C18H28N6O2S/c1-5-19-17(22-11-14-12-27-18(23-14)24(3)4)21-9-6-8-20-16(25)15-13(2)7-10-26-15/h7,10,12H,5-6,8-9,11H2,1-4H3,(H,20,25)(H2,19,21,22). The third kappa shape index (κ3) is 6.59. The predicted molar refractivity (Wildman–Crippen MR) is 110 cm³/mol. The van der Waals surface area contributed by atoms with Crippen molar-refractivity contribution in [3.8, 4) is 0 Å². The number of nitrogens with one attached hydrogen (secondary N) is 3. The van der Waals surface area contributed by atoms with Crippen LogP contribution in [0, 0.1) is 6.92 Å². The number of guanidine groups is 1. The van der Waals surface area contributed by atoms with E-state index in [-0.39, 0.29) is 5.91 Å². The van der Waals surface area contributed by atoms with Crippen LogP contribution in [0.3, 0.4) is 0 Å². The number of hydrogen-bond donors (Lipinski definition) is 3. The molecule has 0 spiro atoms. The molecule has 0 saturated heterocycles. The lowest BCUT2D eigenvalue weighted by Gasteiger charge is -2.11. The number of rotatable bonds is 9. The number of carbonyl (C=O) groups excluding carboxylic acids is 1. The number of aromatic nitrogens is 1. The van der Waals surface area contributed by atoms with E-state index in [4.69, 9.17) is 4.42 Å². The minimum absolute atomic E-state index is 0.182. The number of aryl methyl sites for hydroxylation is 1. The Bertz CT molecular complexity index is 753. The minimum Gasteiger partial charge on any atom is -0.459 e. The van der Waals surface area contributed by atoms with Gasteiger partial charge in [-0.2, -0.15) is 0 Å². The van der Waals surface area contributed by atoms with Gasteiger partial charge in [-0.05, 0) is 26.3 Å². The zero-order valence-electron chi connectivity index (χ0n) is 16.3. The highest BCUT2D eigenvalue weighted by Gasteiger charge is 2.11. The summed E-state index contributed by atoms with van der Waals surface area (Å²) in [6.07, 6.45) is 2.30. The van der Waals surface area contributed by atoms with E-state index in [1.807, 2.05) is 38.2 Å². The first-order valence-corrected chi connectivity index (χ1v) is 9.85. The Morgan fingerprint density at radius 2 is 2.07 bits per heavy atom. The van der Waals surface area contributed by atoms with Gasteiger partial charge in [0.25, 0.3) is 5.91 Å². The molecule has 0 aliphatic heterocycles. The molecule has 9 heteroatoms. The van der Waals surface area contributed by atoms with Crippen molar-refractivity contribution in [2.75, 3.05) is 38.6 Å². The first kappa shape index (κ1) is 20.8. The first-order chi connectivity index (χ1) is 13.0. The smallest absolute Gasteiger partial charge is 0.287 e. The molecule has 0 bridgehead atoms. The molecular weight excluding hydrogens is 364 g/mol. The van der Waals surface area contributed by atoms with E-state index in [1.165, 1.54) is 6.26 Å². The summed E-state index contributed by atoms with van der Waals surface area (Å²) in [5.41, 5.74) is 1.79. The molecule has 2 aromatic heterocycles. The lowest BCUT2D eigenvalue weighted by atomic mass is 10.2. The van der Waals surface area contributed by atoms with Crippen molar-refractivity contribution in [1.29, 1.82) is 0 Å². The number of thiazole rings is 1. The fourth-order valence-electron chi connectivity index (χ4n) is 2.26. The van der Waals surface area contributed by atoms with Crippen molar-refractivity contribution < 1.29 is 9.21 Å². The van der Waals surface area contributed by atoms with Crippen LogP contribution >= 0.6 is 11.3 Å². The first-order valence-electron chi connectivity index (χ1n) is 8.97. The van der Waals surface area contributed by atoms with E-state index in [9.17, 15) is 4.79 Å². The second kappa shape index (κ2) is 10.6. The van der Waals surface area contributed by atoms with Crippen LogP contribution in [0.4, 0.5) is 5.13 Å². The van der Waals surface area contributed by atoms with Crippen LogP contribution < -0.4 is 20.9 Å². The molecule has 0 fully saturated rings. The number of aliphatic imine (C=N–C) groups is 1. The van der Waals surface area contributed by atoms with Gasteiger partial charge >= 0.3 is 0 Å². The van der Waals surface area contributed by atoms with Gasteiger partial charge in [0.05, 0.1) is 18.5 Å². The third-order valence-electron chi connectivity index (χ3n) is 3.67. The van der Waals surface area contributed by atoms with Gasteiger partial charge in [0.2, 0.25) is 0 Å². The topological polar surface area (TPSA) is 94.8 Å². The molecule has 0 saturated carbocycles. The van der Waals surface area contributed by atoms with Crippen molar-refractivity contribution >= 4 is 28.3 Å². The Kier molecular flexibility index (Phi) is 8.12. The highest BCUT2D eigenvalue weighted by atomic mass is 32.1. The minimum atomic E-state index is -0.182. The molecule has 0 unspecified atom stereocenters. The van der Waals surface area contributed by atoms with Gasteiger partial charge in [-0.25, -0.2) is 9.98 Å². The molecule has 0 aliphatic rings. The van der Waals surface area contributed by atoms with E-state index < -0.39 is 0 Å². The van der Waals surface area contributed by atoms with Crippen LogP contribution in [-0.4, -0.2) is 50.6 Å². The van der Waals surface area contributed by atoms with Gasteiger partial charge in [0.15, 0.2) is 16.9 Å². The molecule has 2 aromatic rings. The van der Waals surface area contributed by atoms with Gasteiger partial charge in [-0.15, -0.1) is 11.3 Å². The van der Waals surface area contributed by atoms with E-state index in [2.05, 4.69) is 25.9 Å². The number of amides is 1. The van der Waals surface area contributed by atoms with E-state index >= 15 is 0 Å². The lowest BCUT2D eigenvalue weighted by Crippen LogP contribution is -2.38. The van der Waals surface area contributed by atoms with Crippen molar-refractivity contribution in [2.24, 2.45) is 4.99 Å². The molecule has 2 heterocycles. The molecule has 27 heavy (non-hydrogen) atoms. The maximum absolute atomic E-state index is 12.0. The molecule has 0 aliphatic carbocycles. The van der Waals surface area contributed by atoms with Crippen LogP contribution in [0.15, 0.2) is 27.1 Å². The molecule has 8 nitrogen and oxygen atoms in total. The van der Waals surface area contributed by atoms with Crippen molar-refractivity contribution in [1.82, 2.24) is 20.9 Å². The summed E-state index contributed by atoms with van der Waals surface area (Å²) in [7, 11) is 3.95. The average molecular weight is 393 g/mol. The molecule has 0 atom stereocenters. The summed E-state index contributed by atoms with van der Waals surface area (Å²) in [6.45, 7) is 6.43. The predicted octanol–water partition coefficient (Wildman–Crippen LogP) is 1.99. The number of furan rings is 1. The monoisotopic (exact) mass is 392 g/mol. The summed E-state index contributed by atoms with van der Waals surface area (Å²) in [5.74, 6) is 0.932. The maximum atomic E-state index is 12.0. The summed E-state index contributed by atoms with van der Waals surface area (Å²) >= 11 is 1.61. The van der Waals surface area contributed by atoms with E-state index in [0.29, 0.717) is 25.4 Å². The second-order valence-electron chi connectivity index (χ2n) is 6.18. The zero-order chi connectivity index (χ0) is 19.6. The highest BCUT2D eigenvalue weighted by Crippen LogP contribution is 2.18. The van der Waals surface area contributed by atoms with Gasteiger partial charge < -0.3 is 25.3 Å². The zero-order valence-corrected chi connectivity index (χ0v) is 17.2. The number of anilines is 1. The van der Waals surface area contributed by atoms with Crippen LogP contribution in [0.2, 0.25) is 0 Å². The van der Waals surface area contributed by atoms with Crippen molar-refractivity contribution in [3.63, 3.8) is 0 Å². The van der Waals surface area contributed by atoms with Gasteiger partial charge in [-0.1, -0.05) is 0 Å². The normalized spacial score (nSPS) is 11.3. The van der Waals surface area contributed by atoms with Crippen molar-refractivity contribution in [3.05, 3.63) is 34.7 Å². The van der Waals surface area contributed by atoms with E-state index in [0.717, 1.165) is 35.3 Å². The number of hydrogen-bond acceptors (Lipinski definition) is 6. The van der Waals surface area contributed by atoms with Crippen molar-refractivity contribution in [2.45, 2.75) is 26.8 Å². The average Bonchev–Trinajstić information content (AvgIpc) is 3.28. The second-order valence-corrected chi connectivity index (χ2v) is 7.02. The Hall–Kier alpha value is -2.55. The maximum Gasteiger partial charge on any atom is 0.287 e. The lowest BCUT2D eigenvalue weighted by molar-refractivity contribution is 0.0925. The Morgan fingerprint density at radius 3 is 2.70 bits per heavy atom. The molecule has 0 radical (unpaired) electrons. The Balaban J connectivity index is 1.73. The third-order valence-corrected chi connectivity index (χ3v) is 4.72. The summed E-state index contributed by atoms with van der Waals surface area (Å²) < 4.78 is 5.18. The summed E-state index contributed by atoms with van der Waals surface area (Å²) in [4.78, 5) is 23.0. The Morgan fingerprint density at radius 1 is 1.30 bits per heavy atom. The fourth-order valence-corrected chi connectivity index (χ4v) is 3.01.